The van der Waals surface area contributed by atoms with Gasteiger partial charge in [-0.25, -0.2) is 4.79 Å². The number of rotatable bonds is 4. The first kappa shape index (κ1) is 15.3. The number of anilines is 1. The van der Waals surface area contributed by atoms with Crippen LogP contribution >= 0.6 is 11.3 Å². The highest BCUT2D eigenvalue weighted by Gasteiger charge is 2.11. The molecule has 6 heteroatoms. The molecule has 0 spiro atoms. The predicted octanol–water partition coefficient (Wildman–Crippen LogP) is 3.81. The molecule has 3 rings (SSSR count). The molecule has 0 saturated heterocycles. The van der Waals surface area contributed by atoms with Crippen molar-refractivity contribution in [2.75, 3.05) is 12.4 Å². The minimum atomic E-state index is -0.141. The summed E-state index contributed by atoms with van der Waals surface area (Å²) in [5.41, 5.74) is 2.89. The second-order valence-corrected chi connectivity index (χ2v) is 6.31. The van der Waals surface area contributed by atoms with Gasteiger partial charge in [0.2, 0.25) is 0 Å². The summed E-state index contributed by atoms with van der Waals surface area (Å²) in [6.07, 6.45) is 3.67. The van der Waals surface area contributed by atoms with E-state index >= 15 is 0 Å². The number of carbonyl (C=O) groups is 1. The van der Waals surface area contributed by atoms with Crippen LogP contribution in [0.4, 0.5) is 10.5 Å². The predicted molar refractivity (Wildman–Crippen MR) is 93.4 cm³/mol. The van der Waals surface area contributed by atoms with Crippen molar-refractivity contribution in [2.24, 2.45) is 7.05 Å². The van der Waals surface area contributed by atoms with Crippen molar-refractivity contribution >= 4 is 23.1 Å². The zero-order valence-corrected chi connectivity index (χ0v) is 13.9. The number of aryl methyl sites for hydroxylation is 1. The molecular weight excluding hydrogens is 308 g/mol. The molecule has 2 heterocycles. The average Bonchev–Trinajstić information content (AvgIpc) is 3.19. The minimum Gasteiger partial charge on any atom is -0.323 e. The quantitative estimate of drug-likeness (QED) is 0.792. The van der Waals surface area contributed by atoms with Crippen LogP contribution in [0.1, 0.15) is 5.56 Å². The fourth-order valence-electron chi connectivity index (χ4n) is 2.31. The van der Waals surface area contributed by atoms with Crippen molar-refractivity contribution in [3.8, 4) is 10.4 Å². The topological polar surface area (TPSA) is 50.2 Å². The van der Waals surface area contributed by atoms with Crippen LogP contribution in [-0.2, 0) is 13.6 Å². The van der Waals surface area contributed by atoms with Crippen molar-refractivity contribution in [3.63, 3.8) is 0 Å². The van der Waals surface area contributed by atoms with E-state index in [4.69, 9.17) is 0 Å². The standard InChI is InChI=1S/C17H18N4OS/c1-20(11-13-10-18-21(2)12-13)17(22)19-15-6-3-5-14(9-15)16-7-4-8-23-16/h3-10,12H,11H2,1-2H3,(H,19,22). The Kier molecular flexibility index (Phi) is 4.43. The van der Waals surface area contributed by atoms with E-state index in [0.29, 0.717) is 6.54 Å². The summed E-state index contributed by atoms with van der Waals surface area (Å²) >= 11 is 1.68. The highest BCUT2D eigenvalue weighted by molar-refractivity contribution is 7.13. The van der Waals surface area contributed by atoms with Crippen molar-refractivity contribution in [2.45, 2.75) is 6.54 Å². The monoisotopic (exact) mass is 326 g/mol. The number of amides is 2. The Morgan fingerprint density at radius 3 is 2.91 bits per heavy atom. The van der Waals surface area contributed by atoms with Crippen LogP contribution in [-0.4, -0.2) is 27.8 Å². The van der Waals surface area contributed by atoms with Crippen molar-refractivity contribution in [1.82, 2.24) is 14.7 Å². The number of carbonyl (C=O) groups excluding carboxylic acids is 1. The molecule has 2 amide bonds. The Morgan fingerprint density at radius 2 is 2.22 bits per heavy atom. The second-order valence-electron chi connectivity index (χ2n) is 5.37. The van der Waals surface area contributed by atoms with Crippen LogP contribution in [0.3, 0.4) is 0 Å². The molecular formula is C17H18N4OS. The molecule has 0 bridgehead atoms. The third-order valence-electron chi connectivity index (χ3n) is 3.44. The molecule has 1 aromatic carbocycles. The molecule has 0 aliphatic carbocycles. The Morgan fingerprint density at radius 1 is 1.35 bits per heavy atom. The zero-order valence-electron chi connectivity index (χ0n) is 13.1. The van der Waals surface area contributed by atoms with Crippen molar-refractivity contribution in [3.05, 3.63) is 59.7 Å². The molecule has 3 aromatic rings. The Hall–Kier alpha value is -2.60. The van der Waals surface area contributed by atoms with Crippen LogP contribution in [0.25, 0.3) is 10.4 Å². The van der Waals surface area contributed by atoms with E-state index in [2.05, 4.69) is 16.5 Å². The lowest BCUT2D eigenvalue weighted by Crippen LogP contribution is -2.30. The Labute approximate surface area is 139 Å². The Bertz CT molecular complexity index is 795. The molecule has 0 atom stereocenters. The summed E-state index contributed by atoms with van der Waals surface area (Å²) in [6, 6.07) is 11.8. The number of hydrogen-bond acceptors (Lipinski definition) is 3. The lowest BCUT2D eigenvalue weighted by Gasteiger charge is -2.17. The van der Waals surface area contributed by atoms with Gasteiger partial charge in [0.25, 0.3) is 0 Å². The van der Waals surface area contributed by atoms with Crippen LogP contribution in [0.2, 0.25) is 0 Å². The lowest BCUT2D eigenvalue weighted by atomic mass is 10.1. The summed E-state index contributed by atoms with van der Waals surface area (Å²) in [5.74, 6) is 0. The maximum atomic E-state index is 12.3. The number of nitrogens with one attached hydrogen (secondary N) is 1. The molecule has 5 nitrogen and oxygen atoms in total. The van der Waals surface area contributed by atoms with Crippen LogP contribution < -0.4 is 5.32 Å². The van der Waals surface area contributed by atoms with Gasteiger partial charge < -0.3 is 10.2 Å². The average molecular weight is 326 g/mol. The van der Waals surface area contributed by atoms with Gasteiger partial charge in [-0.1, -0.05) is 18.2 Å². The third-order valence-corrected chi connectivity index (χ3v) is 4.36. The first-order valence-corrected chi connectivity index (χ1v) is 8.13. The van der Waals surface area contributed by atoms with E-state index in [1.165, 1.54) is 4.88 Å². The SMILES string of the molecule is CN(Cc1cnn(C)c1)C(=O)Nc1cccc(-c2cccs2)c1. The molecule has 1 N–H and O–H groups in total. The van der Waals surface area contributed by atoms with Gasteiger partial charge in [-0.2, -0.15) is 5.10 Å². The summed E-state index contributed by atoms with van der Waals surface area (Å²) in [6.45, 7) is 0.518. The van der Waals surface area contributed by atoms with Gasteiger partial charge in [0.1, 0.15) is 0 Å². The first-order chi connectivity index (χ1) is 11.1. The largest absolute Gasteiger partial charge is 0.323 e. The van der Waals surface area contributed by atoms with Gasteiger partial charge in [0.15, 0.2) is 0 Å². The second kappa shape index (κ2) is 6.66. The van der Waals surface area contributed by atoms with Gasteiger partial charge in [0.05, 0.1) is 12.7 Å². The molecule has 2 aromatic heterocycles. The number of urea groups is 1. The molecule has 0 aliphatic heterocycles. The number of hydrogen-bond donors (Lipinski definition) is 1. The lowest BCUT2D eigenvalue weighted by molar-refractivity contribution is 0.220. The van der Waals surface area contributed by atoms with Gasteiger partial charge in [-0.3, -0.25) is 4.68 Å². The molecule has 0 fully saturated rings. The first-order valence-electron chi connectivity index (χ1n) is 7.25. The zero-order chi connectivity index (χ0) is 16.2. The van der Waals surface area contributed by atoms with Crippen LogP contribution in [0.5, 0.6) is 0 Å². The third kappa shape index (κ3) is 3.78. The van der Waals surface area contributed by atoms with Crippen LogP contribution in [0.15, 0.2) is 54.2 Å². The number of thiophene rings is 1. The highest BCUT2D eigenvalue weighted by Crippen LogP contribution is 2.26. The van der Waals surface area contributed by atoms with Gasteiger partial charge >= 0.3 is 6.03 Å². The van der Waals surface area contributed by atoms with Crippen molar-refractivity contribution < 1.29 is 4.79 Å². The summed E-state index contributed by atoms with van der Waals surface area (Å²) < 4.78 is 1.73. The molecule has 118 valence electrons. The minimum absolute atomic E-state index is 0.141. The summed E-state index contributed by atoms with van der Waals surface area (Å²) in [4.78, 5) is 15.1. The van der Waals surface area contributed by atoms with Gasteiger partial charge in [-0.05, 0) is 29.1 Å². The van der Waals surface area contributed by atoms with E-state index in [9.17, 15) is 4.79 Å². The fourth-order valence-corrected chi connectivity index (χ4v) is 3.04. The van der Waals surface area contributed by atoms with Crippen LogP contribution in [0, 0.1) is 0 Å². The molecule has 0 radical (unpaired) electrons. The van der Waals surface area contributed by atoms with E-state index < -0.39 is 0 Å². The fraction of sp³-hybridized carbons (Fsp3) is 0.176. The molecule has 0 unspecified atom stereocenters. The Balaban J connectivity index is 1.66. The molecule has 23 heavy (non-hydrogen) atoms. The van der Waals surface area contributed by atoms with Gasteiger partial charge in [-0.15, -0.1) is 11.3 Å². The maximum Gasteiger partial charge on any atom is 0.321 e. The van der Waals surface area contributed by atoms with Gasteiger partial charge in [0, 0.05) is 36.4 Å². The van der Waals surface area contributed by atoms with E-state index in [1.807, 2.05) is 49.0 Å². The maximum absolute atomic E-state index is 12.3. The van der Waals surface area contributed by atoms with E-state index in [-0.39, 0.29) is 6.03 Å². The molecule has 0 saturated carbocycles. The normalized spacial score (nSPS) is 10.5. The van der Waals surface area contributed by atoms with E-state index in [0.717, 1.165) is 16.8 Å². The smallest absolute Gasteiger partial charge is 0.321 e. The number of aromatic nitrogens is 2. The molecule has 0 aliphatic rings. The van der Waals surface area contributed by atoms with Crippen molar-refractivity contribution in [1.29, 1.82) is 0 Å². The van der Waals surface area contributed by atoms with E-state index in [1.54, 1.807) is 34.2 Å². The highest BCUT2D eigenvalue weighted by atomic mass is 32.1. The number of nitrogens with zero attached hydrogens (tertiary/aromatic N) is 3. The summed E-state index contributed by atoms with van der Waals surface area (Å²) in [7, 11) is 3.63. The summed E-state index contributed by atoms with van der Waals surface area (Å²) in [5, 5.41) is 9.09. The number of benzene rings is 1.